The van der Waals surface area contributed by atoms with Crippen molar-refractivity contribution in [1.82, 2.24) is 4.68 Å². The molecule has 0 atom stereocenters. The Kier molecular flexibility index (Phi) is 5.96. The number of hydrogen-bond donors (Lipinski definition) is 0. The summed E-state index contributed by atoms with van der Waals surface area (Å²) in [6.07, 6.45) is 0. The number of carbonyl (C=O) groups excluding carboxylic acids is 2. The molecule has 1 aromatic heterocycles. The number of pyridine rings is 1. The van der Waals surface area contributed by atoms with Crippen molar-refractivity contribution >= 4 is 22.6 Å². The van der Waals surface area contributed by atoms with E-state index < -0.39 is 17.4 Å². The lowest BCUT2D eigenvalue weighted by atomic mass is 9.91. The number of hydrogen-bond acceptors (Lipinski definition) is 5. The lowest BCUT2D eigenvalue weighted by Gasteiger charge is -2.26. The Morgan fingerprint density at radius 3 is 2.18 bits per heavy atom. The average molecular weight is 517 g/mol. The molecule has 0 aliphatic carbocycles. The van der Waals surface area contributed by atoms with E-state index in [0.29, 0.717) is 39.4 Å². The predicted octanol–water partition coefficient (Wildman–Crippen LogP) is 5.76. The molecule has 0 saturated heterocycles. The van der Waals surface area contributed by atoms with Crippen LogP contribution in [-0.2, 0) is 9.59 Å². The average Bonchev–Trinajstić information content (AvgIpc) is 3.42. The molecule has 39 heavy (non-hydrogen) atoms. The fourth-order valence-electron chi connectivity index (χ4n) is 5.11. The minimum absolute atomic E-state index is 0.0912. The molecule has 0 spiro atoms. The molecule has 7 nitrogen and oxygen atoms in total. The Balaban J connectivity index is 1.77. The van der Waals surface area contributed by atoms with E-state index >= 15 is 0 Å². The van der Waals surface area contributed by atoms with Gasteiger partial charge in [0.05, 0.1) is 11.3 Å². The molecule has 0 radical (unpaired) electrons. The molecular formula is C32H24N2O5. The third kappa shape index (κ3) is 4.14. The molecule has 0 fully saturated rings. The molecule has 0 N–H and O–H groups in total. The standard InChI is InChI=1S/C32H24N2O5/c1-20(35)33(21(2)36)34-28(24-15-16-29-30(17-24)39-19-38-29)18-27(23-9-4-3-5-10-23)31(32(34)37)26-14-8-12-22-11-6-7-13-25(22)26/h3-18H,19H2,1-2H3. The van der Waals surface area contributed by atoms with Crippen molar-refractivity contribution in [2.75, 3.05) is 11.8 Å². The largest absolute Gasteiger partial charge is 0.454 e. The van der Waals surface area contributed by atoms with E-state index in [1.165, 1.54) is 18.5 Å². The van der Waals surface area contributed by atoms with Crippen molar-refractivity contribution in [1.29, 1.82) is 0 Å². The van der Waals surface area contributed by atoms with Crippen LogP contribution in [-0.4, -0.2) is 23.3 Å². The second-order valence-electron chi connectivity index (χ2n) is 9.25. The smallest absolute Gasteiger partial charge is 0.278 e. The second-order valence-corrected chi connectivity index (χ2v) is 9.25. The highest BCUT2D eigenvalue weighted by Gasteiger charge is 2.27. The van der Waals surface area contributed by atoms with E-state index in [2.05, 4.69) is 0 Å². The Morgan fingerprint density at radius 2 is 1.41 bits per heavy atom. The number of carbonyl (C=O) groups is 2. The summed E-state index contributed by atoms with van der Waals surface area (Å²) < 4.78 is 12.2. The molecule has 1 aliphatic heterocycles. The molecule has 7 heteroatoms. The SMILES string of the molecule is CC(=O)N(C(C)=O)n1c(-c2ccc3c(c2)OCO3)cc(-c2ccccc2)c(-c2cccc3ccccc23)c1=O. The minimum atomic E-state index is -0.581. The van der Waals surface area contributed by atoms with Gasteiger partial charge in [-0.1, -0.05) is 72.8 Å². The maximum Gasteiger partial charge on any atom is 0.278 e. The number of aromatic nitrogens is 1. The summed E-state index contributed by atoms with van der Waals surface area (Å²) in [7, 11) is 0. The third-order valence-electron chi connectivity index (χ3n) is 6.79. The lowest BCUT2D eigenvalue weighted by Crippen LogP contribution is -2.49. The summed E-state index contributed by atoms with van der Waals surface area (Å²) in [5.41, 5.74) is 3.05. The fourth-order valence-corrected chi connectivity index (χ4v) is 5.11. The van der Waals surface area contributed by atoms with Crippen LogP contribution in [0.4, 0.5) is 0 Å². The van der Waals surface area contributed by atoms with Crippen molar-refractivity contribution < 1.29 is 19.1 Å². The van der Waals surface area contributed by atoms with E-state index in [4.69, 9.17) is 9.47 Å². The van der Waals surface area contributed by atoms with Crippen LogP contribution in [0.15, 0.2) is 102 Å². The first-order valence-electron chi connectivity index (χ1n) is 12.5. The summed E-state index contributed by atoms with van der Waals surface area (Å²) in [5, 5.41) is 2.73. The first-order chi connectivity index (χ1) is 18.9. The molecule has 192 valence electrons. The van der Waals surface area contributed by atoms with Crippen molar-refractivity contribution in [3.63, 3.8) is 0 Å². The summed E-state index contributed by atoms with van der Waals surface area (Å²) in [6.45, 7) is 2.62. The van der Waals surface area contributed by atoms with E-state index in [1.54, 1.807) is 18.2 Å². The highest BCUT2D eigenvalue weighted by molar-refractivity contribution is 6.07. The van der Waals surface area contributed by atoms with Crippen LogP contribution in [0.5, 0.6) is 11.5 Å². The van der Waals surface area contributed by atoms with Crippen LogP contribution in [0.2, 0.25) is 0 Å². The monoisotopic (exact) mass is 516 g/mol. The van der Waals surface area contributed by atoms with Crippen molar-refractivity contribution in [3.05, 3.63) is 107 Å². The fraction of sp³-hybridized carbons (Fsp3) is 0.0938. The number of ether oxygens (including phenoxy) is 2. The van der Waals surface area contributed by atoms with Crippen LogP contribution in [0.3, 0.4) is 0 Å². The first kappa shape index (κ1) is 24.2. The Morgan fingerprint density at radius 1 is 0.718 bits per heavy atom. The number of rotatable bonds is 4. The highest BCUT2D eigenvalue weighted by atomic mass is 16.7. The summed E-state index contributed by atoms with van der Waals surface area (Å²) >= 11 is 0. The van der Waals surface area contributed by atoms with Gasteiger partial charge in [0, 0.05) is 19.4 Å². The Hall–Kier alpha value is -5.17. The van der Waals surface area contributed by atoms with Crippen molar-refractivity contribution in [2.24, 2.45) is 0 Å². The van der Waals surface area contributed by atoms with Gasteiger partial charge < -0.3 is 9.47 Å². The van der Waals surface area contributed by atoms with Gasteiger partial charge in [0.2, 0.25) is 18.6 Å². The van der Waals surface area contributed by atoms with Gasteiger partial charge >= 0.3 is 0 Å². The van der Waals surface area contributed by atoms with E-state index in [-0.39, 0.29) is 6.79 Å². The Labute approximate surface area is 224 Å². The van der Waals surface area contributed by atoms with Gasteiger partial charge in [-0.3, -0.25) is 14.4 Å². The van der Waals surface area contributed by atoms with Crippen molar-refractivity contribution in [2.45, 2.75) is 13.8 Å². The minimum Gasteiger partial charge on any atom is -0.454 e. The number of benzene rings is 4. The molecule has 5 aromatic rings. The van der Waals surface area contributed by atoms with E-state index in [9.17, 15) is 14.4 Å². The van der Waals surface area contributed by atoms with Crippen LogP contribution >= 0.6 is 0 Å². The van der Waals surface area contributed by atoms with Crippen molar-refractivity contribution in [3.8, 4) is 45.0 Å². The number of fused-ring (bicyclic) bond motifs is 2. The molecular weight excluding hydrogens is 492 g/mol. The Bertz CT molecular complexity index is 1810. The van der Waals surface area contributed by atoms with Gasteiger partial charge in [-0.15, -0.1) is 0 Å². The van der Waals surface area contributed by atoms with Gasteiger partial charge in [-0.05, 0) is 51.7 Å². The second kappa shape index (κ2) is 9.61. The number of nitrogens with zero attached hydrogens (tertiary/aromatic N) is 2. The van der Waals surface area contributed by atoms with Crippen LogP contribution < -0.4 is 20.0 Å². The zero-order chi connectivity index (χ0) is 27.1. The molecule has 4 aromatic carbocycles. The zero-order valence-corrected chi connectivity index (χ0v) is 21.4. The molecule has 0 saturated carbocycles. The molecule has 0 unspecified atom stereocenters. The lowest BCUT2D eigenvalue weighted by molar-refractivity contribution is -0.126. The van der Waals surface area contributed by atoms with Crippen LogP contribution in [0.25, 0.3) is 44.3 Å². The summed E-state index contributed by atoms with van der Waals surface area (Å²) in [4.78, 5) is 40.3. The van der Waals surface area contributed by atoms with Gasteiger partial charge in [-0.25, -0.2) is 4.68 Å². The van der Waals surface area contributed by atoms with E-state index in [1.807, 2.05) is 78.9 Å². The van der Waals surface area contributed by atoms with Gasteiger partial charge in [-0.2, -0.15) is 5.01 Å². The first-order valence-corrected chi connectivity index (χ1v) is 12.5. The van der Waals surface area contributed by atoms with Crippen LogP contribution in [0, 0.1) is 0 Å². The van der Waals surface area contributed by atoms with Gasteiger partial charge in [0.1, 0.15) is 0 Å². The quantitative estimate of drug-likeness (QED) is 0.303. The summed E-state index contributed by atoms with van der Waals surface area (Å²) in [5.74, 6) is -0.0627. The summed E-state index contributed by atoms with van der Waals surface area (Å²) in [6, 6.07) is 30.3. The molecule has 2 heterocycles. The number of amides is 2. The third-order valence-corrected chi connectivity index (χ3v) is 6.79. The van der Waals surface area contributed by atoms with Crippen LogP contribution in [0.1, 0.15) is 13.8 Å². The highest BCUT2D eigenvalue weighted by Crippen LogP contribution is 2.39. The predicted molar refractivity (Wildman–Crippen MR) is 150 cm³/mol. The maximum absolute atomic E-state index is 14.6. The molecule has 2 amide bonds. The zero-order valence-electron chi connectivity index (χ0n) is 21.4. The molecule has 1 aliphatic rings. The normalized spacial score (nSPS) is 11.9. The van der Waals surface area contributed by atoms with E-state index in [0.717, 1.165) is 21.3 Å². The maximum atomic E-state index is 14.6. The molecule has 0 bridgehead atoms. The topological polar surface area (TPSA) is 77.8 Å². The number of imide groups is 1. The van der Waals surface area contributed by atoms with Gasteiger partial charge in [0.15, 0.2) is 11.5 Å². The van der Waals surface area contributed by atoms with Gasteiger partial charge in [0.25, 0.3) is 5.56 Å². The molecule has 6 rings (SSSR count).